The predicted octanol–water partition coefficient (Wildman–Crippen LogP) is 2.25. The van der Waals surface area contributed by atoms with Crippen LogP contribution >= 0.6 is 0 Å². The van der Waals surface area contributed by atoms with Crippen molar-refractivity contribution in [2.45, 2.75) is 174 Å². The summed E-state index contributed by atoms with van der Waals surface area (Å²) in [5.74, 6) is -4.47. The molecule has 16 nitrogen and oxygen atoms in total. The van der Waals surface area contributed by atoms with Gasteiger partial charge in [-0.3, -0.25) is 9.59 Å². The van der Waals surface area contributed by atoms with Crippen molar-refractivity contribution >= 4 is 23.7 Å². The lowest BCUT2D eigenvalue weighted by Gasteiger charge is -2.70. The molecule has 2 aliphatic heterocycles. The van der Waals surface area contributed by atoms with Crippen LogP contribution in [0.2, 0.25) is 0 Å². The van der Waals surface area contributed by atoms with Gasteiger partial charge in [0, 0.05) is 5.92 Å². The molecule has 0 radical (unpaired) electrons. The number of carboxylic acids is 3. The normalized spacial score (nSPS) is 52.6. The van der Waals surface area contributed by atoms with Crippen LogP contribution in [0.3, 0.4) is 0 Å². The van der Waals surface area contributed by atoms with Crippen LogP contribution in [0.1, 0.15) is 106 Å². The van der Waals surface area contributed by atoms with Gasteiger partial charge in [-0.05, 0) is 110 Å². The number of ketones is 1. The van der Waals surface area contributed by atoms with E-state index >= 15 is 0 Å². The molecule has 5 aliphatic carbocycles. The molecular weight excluding hydrogens is 760 g/mol. The Morgan fingerprint density at radius 3 is 1.88 bits per heavy atom. The Morgan fingerprint density at radius 2 is 1.28 bits per heavy atom. The molecule has 0 amide bonds. The molecule has 8 N–H and O–H groups in total. The van der Waals surface area contributed by atoms with Gasteiger partial charge in [0.15, 0.2) is 30.6 Å². The third kappa shape index (κ3) is 6.25. The number of ether oxygens (including phenoxy) is 4. The lowest BCUT2D eigenvalue weighted by Crippen LogP contribution is -2.68. The third-order valence-corrected chi connectivity index (χ3v) is 17.2. The van der Waals surface area contributed by atoms with E-state index in [1.165, 1.54) is 0 Å². The first-order valence-corrected chi connectivity index (χ1v) is 20.7. The summed E-state index contributed by atoms with van der Waals surface area (Å²) < 4.78 is 23.4. The minimum atomic E-state index is -2.05. The quantitative estimate of drug-likeness (QED) is 0.171. The highest BCUT2D eigenvalue weighted by atomic mass is 16.8. The Bertz CT molecular complexity index is 1730. The zero-order valence-corrected chi connectivity index (χ0v) is 34.4. The van der Waals surface area contributed by atoms with Gasteiger partial charge < -0.3 is 59.8 Å². The summed E-state index contributed by atoms with van der Waals surface area (Å²) >= 11 is 0. The molecule has 0 aromatic rings. The van der Waals surface area contributed by atoms with E-state index < -0.39 is 107 Å². The number of hydrogen-bond acceptors (Lipinski definition) is 13. The van der Waals surface area contributed by atoms with Crippen molar-refractivity contribution in [1.82, 2.24) is 0 Å². The second-order valence-corrected chi connectivity index (χ2v) is 20.6. The predicted molar refractivity (Wildman–Crippen MR) is 199 cm³/mol. The zero-order chi connectivity index (χ0) is 42.9. The fourth-order valence-corrected chi connectivity index (χ4v) is 13.4. The first-order chi connectivity index (χ1) is 26.8. The van der Waals surface area contributed by atoms with Crippen LogP contribution in [0.4, 0.5) is 0 Å². The summed E-state index contributed by atoms with van der Waals surface area (Å²) in [6.07, 6.45) is -12.2. The van der Waals surface area contributed by atoms with E-state index in [4.69, 9.17) is 18.9 Å². The smallest absolute Gasteiger partial charge is 0.335 e. The molecule has 326 valence electrons. The van der Waals surface area contributed by atoms with Crippen LogP contribution in [-0.2, 0) is 38.1 Å². The summed E-state index contributed by atoms with van der Waals surface area (Å²) in [5.41, 5.74) is -1.81. The lowest BCUT2D eigenvalue weighted by molar-refractivity contribution is -0.371. The van der Waals surface area contributed by atoms with E-state index in [0.29, 0.717) is 25.7 Å². The summed E-state index contributed by atoms with van der Waals surface area (Å²) in [5, 5.41) is 83.0. The van der Waals surface area contributed by atoms with E-state index in [2.05, 4.69) is 27.7 Å². The Morgan fingerprint density at radius 1 is 0.690 bits per heavy atom. The molecule has 0 spiro atoms. The van der Waals surface area contributed by atoms with Gasteiger partial charge in [0.25, 0.3) is 0 Å². The number of allylic oxidation sites excluding steroid dienone is 2. The number of carboxylic acid groups (broad SMARTS) is 3. The maximum atomic E-state index is 14.8. The Kier molecular flexibility index (Phi) is 10.7. The van der Waals surface area contributed by atoms with E-state index in [-0.39, 0.29) is 34.4 Å². The Labute approximate surface area is 337 Å². The molecule has 16 heteroatoms. The average Bonchev–Trinajstić information content (AvgIpc) is 3.13. The number of hydrogen-bond donors (Lipinski definition) is 8. The molecule has 0 bridgehead atoms. The first-order valence-electron chi connectivity index (χ1n) is 20.7. The van der Waals surface area contributed by atoms with Crippen LogP contribution in [0.5, 0.6) is 0 Å². The van der Waals surface area contributed by atoms with Crippen molar-refractivity contribution in [3.63, 3.8) is 0 Å². The number of aliphatic carboxylic acids is 3. The Hall–Kier alpha value is -2.54. The van der Waals surface area contributed by atoms with Crippen molar-refractivity contribution in [2.75, 3.05) is 0 Å². The third-order valence-electron chi connectivity index (χ3n) is 17.2. The van der Waals surface area contributed by atoms with Crippen LogP contribution in [0, 0.1) is 50.2 Å². The molecule has 19 atom stereocenters. The first kappa shape index (κ1) is 43.5. The van der Waals surface area contributed by atoms with E-state index in [0.717, 1.165) is 37.7 Å². The second kappa shape index (κ2) is 14.3. The minimum absolute atomic E-state index is 0.0217. The van der Waals surface area contributed by atoms with Gasteiger partial charge in [-0.25, -0.2) is 9.59 Å². The van der Waals surface area contributed by atoms with Gasteiger partial charge in [-0.2, -0.15) is 0 Å². The van der Waals surface area contributed by atoms with Crippen LogP contribution < -0.4 is 0 Å². The second-order valence-electron chi connectivity index (χ2n) is 20.6. The lowest BCUT2D eigenvalue weighted by atomic mass is 9.33. The molecule has 0 aromatic carbocycles. The molecule has 58 heavy (non-hydrogen) atoms. The molecular formula is C42H62O16. The average molecular weight is 823 g/mol. The fourth-order valence-electron chi connectivity index (χ4n) is 13.4. The summed E-state index contributed by atoms with van der Waals surface area (Å²) in [7, 11) is 0. The SMILES string of the molecule is CC1(C)C(O[C@H]2O[C@H](C(=O)O)[C@@H](O)[C@H](O)[C@H]2O[C@@H]2O[C@H](C(=O)O)[C@@H](O)[C@H](O)[C@H]2O)CC[C@]2(C)[C@H]3C(=O)C=C4[C@@H]5C[C@@](C)(C(=O)O)CC[C@]5(C)CC[C@@]4(C)[C@]3(C)CC[C@@H]12. The highest BCUT2D eigenvalue weighted by Gasteiger charge is 2.71. The summed E-state index contributed by atoms with van der Waals surface area (Å²) in [6, 6.07) is 0. The fraction of sp³-hybridized carbons (Fsp3) is 0.857. The molecule has 1 unspecified atom stereocenters. The highest BCUT2D eigenvalue weighted by molar-refractivity contribution is 5.95. The highest BCUT2D eigenvalue weighted by Crippen LogP contribution is 2.75. The number of fused-ring (bicyclic) bond motifs is 7. The number of carbonyl (C=O) groups is 4. The molecule has 7 rings (SSSR count). The van der Waals surface area contributed by atoms with E-state index in [9.17, 15) is 60.0 Å². The van der Waals surface area contributed by atoms with Gasteiger partial charge in [-0.1, -0.05) is 47.1 Å². The van der Waals surface area contributed by atoms with Gasteiger partial charge in [0.2, 0.25) is 0 Å². The van der Waals surface area contributed by atoms with Crippen molar-refractivity contribution in [2.24, 2.45) is 50.2 Å². The number of aliphatic hydroxyl groups is 5. The van der Waals surface area contributed by atoms with Crippen molar-refractivity contribution in [3.8, 4) is 0 Å². The standard InChI is InChI=1S/C42H62O16/c1-37(2)21-8-11-42(7)31(20(43)16-18-19-17-39(4,36(53)54)13-12-38(19,3)14-15-41(18,42)6)40(21,5)10-9-22(37)55-35-30(26(47)25(46)29(57-35)33(51)52)58-34-27(48)23(44)24(45)28(56-34)32(49)50/h16,19,21-31,34-35,44-48H,8-15,17H2,1-7H3,(H,49,50)(H,51,52)(H,53,54)/t19-,21-,22?,23-,24-,25-,26-,27+,28-,29-,30+,31+,34-,35-,38+,39-,40-,41+,42+/m0/s1. The van der Waals surface area contributed by atoms with Crippen molar-refractivity contribution in [1.29, 1.82) is 0 Å². The molecule has 6 fully saturated rings. The largest absolute Gasteiger partial charge is 0.481 e. The van der Waals surface area contributed by atoms with Crippen molar-refractivity contribution in [3.05, 3.63) is 11.6 Å². The minimum Gasteiger partial charge on any atom is -0.481 e. The van der Waals surface area contributed by atoms with Crippen LogP contribution in [0.15, 0.2) is 11.6 Å². The molecule has 2 saturated heterocycles. The van der Waals surface area contributed by atoms with E-state index in [1.54, 1.807) is 0 Å². The molecule has 0 aromatic heterocycles. The molecule has 7 aliphatic rings. The zero-order valence-electron chi connectivity index (χ0n) is 34.4. The maximum absolute atomic E-state index is 14.8. The van der Waals surface area contributed by atoms with Gasteiger partial charge in [0.1, 0.15) is 36.6 Å². The van der Waals surface area contributed by atoms with Crippen molar-refractivity contribution < 1.29 is 79.0 Å². The monoisotopic (exact) mass is 822 g/mol. The number of rotatable bonds is 7. The summed E-state index contributed by atoms with van der Waals surface area (Å²) in [6.45, 7) is 14.8. The molecule has 4 saturated carbocycles. The van der Waals surface area contributed by atoms with Gasteiger partial charge in [-0.15, -0.1) is 0 Å². The van der Waals surface area contributed by atoms with Gasteiger partial charge in [0.05, 0.1) is 11.5 Å². The van der Waals surface area contributed by atoms with Crippen LogP contribution in [-0.4, -0.2) is 132 Å². The maximum Gasteiger partial charge on any atom is 0.335 e. The number of carbonyl (C=O) groups excluding carboxylic acids is 1. The van der Waals surface area contributed by atoms with E-state index in [1.807, 2.05) is 26.8 Å². The summed E-state index contributed by atoms with van der Waals surface area (Å²) in [4.78, 5) is 51.3. The molecule has 2 heterocycles. The Balaban J connectivity index is 1.17. The number of aliphatic hydroxyl groups excluding tert-OH is 5. The van der Waals surface area contributed by atoms with Crippen LogP contribution in [0.25, 0.3) is 0 Å². The van der Waals surface area contributed by atoms with Gasteiger partial charge >= 0.3 is 17.9 Å². The topological polar surface area (TPSA) is 267 Å².